The van der Waals surface area contributed by atoms with Gasteiger partial charge in [-0.3, -0.25) is 0 Å². The van der Waals surface area contributed by atoms with Gasteiger partial charge in [0, 0.05) is 12.2 Å². The smallest absolute Gasteiger partial charge is 0.322 e. The molecule has 1 saturated heterocycles. The van der Waals surface area contributed by atoms with E-state index in [9.17, 15) is 15.0 Å². The Balaban J connectivity index is 1.52. The number of methoxy groups -OCH3 is 1. The first kappa shape index (κ1) is 20.1. The normalized spacial score (nSPS) is 18.9. The van der Waals surface area contributed by atoms with Crippen LogP contribution in [0.4, 0.5) is 10.5 Å². The number of hydrogen-bond acceptors (Lipinski definition) is 5. The highest BCUT2D eigenvalue weighted by atomic mass is 16.5. The summed E-state index contributed by atoms with van der Waals surface area (Å²) in [6.07, 6.45) is -0.205. The zero-order valence-corrected chi connectivity index (χ0v) is 15.9. The van der Waals surface area contributed by atoms with Gasteiger partial charge in [-0.25, -0.2) is 4.79 Å². The number of amides is 2. The number of hydrogen-bond donors (Lipinski definition) is 3. The van der Waals surface area contributed by atoms with Crippen LogP contribution in [0, 0.1) is 0 Å². The lowest BCUT2D eigenvalue weighted by molar-refractivity contribution is 0.107. The number of carbonyl (C=O) groups excluding carboxylic acids is 1. The molecular formula is C21H26N2O5. The molecule has 2 atom stereocenters. The molecule has 3 N–H and O–H groups in total. The van der Waals surface area contributed by atoms with Gasteiger partial charge in [0.25, 0.3) is 0 Å². The van der Waals surface area contributed by atoms with Crippen LogP contribution in [0.25, 0.3) is 0 Å². The highest BCUT2D eigenvalue weighted by Crippen LogP contribution is 2.20. The zero-order chi connectivity index (χ0) is 19.9. The SMILES string of the molecule is COc1ccc(COCc2cccc(NC(=O)N3C[C@@H](O)C[C@@H]3CO)c2)cc1. The molecule has 0 saturated carbocycles. The molecule has 2 aromatic carbocycles. The number of ether oxygens (including phenoxy) is 2. The molecule has 0 aliphatic carbocycles. The minimum absolute atomic E-state index is 0.163. The van der Waals surface area contributed by atoms with Crippen LogP contribution in [-0.4, -0.2) is 53.6 Å². The summed E-state index contributed by atoms with van der Waals surface area (Å²) in [5, 5.41) is 21.9. The molecule has 0 bridgehead atoms. The van der Waals surface area contributed by atoms with E-state index in [1.807, 2.05) is 42.5 Å². The van der Waals surface area contributed by atoms with Crippen molar-refractivity contribution in [2.24, 2.45) is 0 Å². The van der Waals surface area contributed by atoms with Crippen molar-refractivity contribution in [3.8, 4) is 5.75 Å². The van der Waals surface area contributed by atoms with Crippen molar-refractivity contribution in [1.29, 1.82) is 0 Å². The molecule has 7 nitrogen and oxygen atoms in total. The number of β-amino-alcohol motifs (C(OH)–C–C–N with tert-alkyl or cyclic N) is 1. The predicted molar refractivity (Wildman–Crippen MR) is 105 cm³/mol. The van der Waals surface area contributed by atoms with Gasteiger partial charge in [-0.1, -0.05) is 24.3 Å². The van der Waals surface area contributed by atoms with Gasteiger partial charge in [-0.2, -0.15) is 0 Å². The first-order chi connectivity index (χ1) is 13.6. The fourth-order valence-electron chi connectivity index (χ4n) is 3.26. The van der Waals surface area contributed by atoms with Gasteiger partial charge >= 0.3 is 6.03 Å². The van der Waals surface area contributed by atoms with Crippen molar-refractivity contribution in [1.82, 2.24) is 4.90 Å². The summed E-state index contributed by atoms with van der Waals surface area (Å²) in [5.74, 6) is 0.807. The van der Waals surface area contributed by atoms with Crippen molar-refractivity contribution in [3.05, 3.63) is 59.7 Å². The van der Waals surface area contributed by atoms with Crippen molar-refractivity contribution in [3.63, 3.8) is 0 Å². The van der Waals surface area contributed by atoms with Crippen LogP contribution in [0.5, 0.6) is 5.75 Å². The van der Waals surface area contributed by atoms with Crippen LogP contribution in [0.15, 0.2) is 48.5 Å². The average Bonchev–Trinajstić information content (AvgIpc) is 3.10. The molecule has 0 spiro atoms. The Morgan fingerprint density at radius 3 is 2.64 bits per heavy atom. The third kappa shape index (κ3) is 5.22. The molecule has 1 aliphatic heterocycles. The molecule has 2 aromatic rings. The van der Waals surface area contributed by atoms with E-state index in [4.69, 9.17) is 9.47 Å². The maximum Gasteiger partial charge on any atom is 0.322 e. The molecule has 150 valence electrons. The monoisotopic (exact) mass is 386 g/mol. The number of aliphatic hydroxyl groups is 2. The van der Waals surface area contributed by atoms with Gasteiger partial charge in [0.05, 0.1) is 39.1 Å². The minimum atomic E-state index is -0.597. The van der Waals surface area contributed by atoms with E-state index in [1.54, 1.807) is 13.2 Å². The van der Waals surface area contributed by atoms with Crippen molar-refractivity contribution >= 4 is 11.7 Å². The fourth-order valence-corrected chi connectivity index (χ4v) is 3.26. The van der Waals surface area contributed by atoms with Crippen LogP contribution < -0.4 is 10.1 Å². The number of carbonyl (C=O) groups is 1. The zero-order valence-electron chi connectivity index (χ0n) is 15.9. The van der Waals surface area contributed by atoms with E-state index < -0.39 is 6.10 Å². The van der Waals surface area contributed by atoms with Crippen LogP contribution >= 0.6 is 0 Å². The van der Waals surface area contributed by atoms with E-state index in [-0.39, 0.29) is 25.2 Å². The molecule has 2 amide bonds. The Bertz CT molecular complexity index is 781. The summed E-state index contributed by atoms with van der Waals surface area (Å²) in [6, 6.07) is 14.4. The Kier molecular flexibility index (Phi) is 6.86. The number of nitrogens with zero attached hydrogens (tertiary/aromatic N) is 1. The number of aliphatic hydroxyl groups excluding tert-OH is 2. The number of likely N-dealkylation sites (tertiary alicyclic amines) is 1. The van der Waals surface area contributed by atoms with Gasteiger partial charge in [-0.05, 0) is 41.8 Å². The van der Waals surface area contributed by atoms with Gasteiger partial charge in [0.2, 0.25) is 0 Å². The number of urea groups is 1. The maximum absolute atomic E-state index is 12.4. The van der Waals surface area contributed by atoms with E-state index in [1.165, 1.54) is 4.90 Å². The third-order valence-electron chi connectivity index (χ3n) is 4.74. The lowest BCUT2D eigenvalue weighted by atomic mass is 10.2. The maximum atomic E-state index is 12.4. The second-order valence-corrected chi connectivity index (χ2v) is 6.85. The molecule has 1 fully saturated rings. The van der Waals surface area contributed by atoms with Crippen molar-refractivity contribution in [2.75, 3.05) is 25.6 Å². The summed E-state index contributed by atoms with van der Waals surface area (Å²) < 4.78 is 10.9. The summed E-state index contributed by atoms with van der Waals surface area (Å²) in [7, 11) is 1.63. The van der Waals surface area contributed by atoms with Crippen LogP contribution in [0.1, 0.15) is 17.5 Å². The first-order valence-electron chi connectivity index (χ1n) is 9.25. The second kappa shape index (κ2) is 9.54. The first-order valence-corrected chi connectivity index (χ1v) is 9.25. The number of nitrogens with one attached hydrogen (secondary N) is 1. The van der Waals surface area contributed by atoms with Gasteiger partial charge in [0.15, 0.2) is 0 Å². The molecule has 1 aliphatic rings. The largest absolute Gasteiger partial charge is 0.497 e. The highest BCUT2D eigenvalue weighted by Gasteiger charge is 2.33. The Hall–Kier alpha value is -2.61. The van der Waals surface area contributed by atoms with Crippen LogP contribution in [0.3, 0.4) is 0 Å². The summed E-state index contributed by atoms with van der Waals surface area (Å²) in [6.45, 7) is 0.952. The van der Waals surface area contributed by atoms with E-state index >= 15 is 0 Å². The Labute approximate surface area is 164 Å². The Morgan fingerprint density at radius 1 is 1.18 bits per heavy atom. The van der Waals surface area contributed by atoms with Crippen LogP contribution in [0.2, 0.25) is 0 Å². The van der Waals surface area contributed by atoms with E-state index in [2.05, 4.69) is 5.32 Å². The molecule has 28 heavy (non-hydrogen) atoms. The quantitative estimate of drug-likeness (QED) is 0.680. The summed E-state index contributed by atoms with van der Waals surface area (Å²) in [5.41, 5.74) is 2.63. The number of rotatable bonds is 7. The summed E-state index contributed by atoms with van der Waals surface area (Å²) in [4.78, 5) is 13.9. The molecule has 0 unspecified atom stereocenters. The van der Waals surface area contributed by atoms with E-state index in [0.717, 1.165) is 16.9 Å². The molecule has 3 rings (SSSR count). The standard InChI is InChI=1S/C21H26N2O5/c1-27-20-7-5-15(6-8-20)13-28-14-16-3-2-4-17(9-16)22-21(26)23-11-19(25)10-18(23)12-24/h2-9,18-19,24-25H,10-14H2,1H3,(H,22,26)/t18-,19+/m1/s1. The second-order valence-electron chi connectivity index (χ2n) is 6.85. The lowest BCUT2D eigenvalue weighted by Gasteiger charge is -2.23. The van der Waals surface area contributed by atoms with Crippen molar-refractivity contribution < 1.29 is 24.5 Å². The van der Waals surface area contributed by atoms with Gasteiger partial charge in [-0.15, -0.1) is 0 Å². The molecule has 0 aromatic heterocycles. The molecule has 7 heteroatoms. The third-order valence-corrected chi connectivity index (χ3v) is 4.74. The van der Waals surface area contributed by atoms with Crippen LogP contribution in [-0.2, 0) is 18.0 Å². The summed E-state index contributed by atoms with van der Waals surface area (Å²) >= 11 is 0. The van der Waals surface area contributed by atoms with Crippen molar-refractivity contribution in [2.45, 2.75) is 31.8 Å². The van der Waals surface area contributed by atoms with E-state index in [0.29, 0.717) is 25.3 Å². The molecular weight excluding hydrogens is 360 g/mol. The highest BCUT2D eigenvalue weighted by molar-refractivity contribution is 5.89. The van der Waals surface area contributed by atoms with Gasteiger partial charge in [0.1, 0.15) is 5.75 Å². The van der Waals surface area contributed by atoms with Gasteiger partial charge < -0.3 is 29.9 Å². The molecule has 0 radical (unpaired) electrons. The topological polar surface area (TPSA) is 91.3 Å². The predicted octanol–water partition coefficient (Wildman–Crippen LogP) is 2.37. The number of benzene rings is 2. The molecule has 1 heterocycles. The lowest BCUT2D eigenvalue weighted by Crippen LogP contribution is -2.40. The average molecular weight is 386 g/mol. The fraction of sp³-hybridized carbons (Fsp3) is 0.381. The number of anilines is 1. The Morgan fingerprint density at radius 2 is 1.93 bits per heavy atom. The minimum Gasteiger partial charge on any atom is -0.497 e.